The summed E-state index contributed by atoms with van der Waals surface area (Å²) in [7, 11) is 0. The van der Waals surface area contributed by atoms with Crippen LogP contribution in [0.15, 0.2) is 30.3 Å². The molecule has 0 radical (unpaired) electrons. The number of rotatable bonds is 6. The molecule has 0 heterocycles. The molecule has 22 heavy (non-hydrogen) atoms. The summed E-state index contributed by atoms with van der Waals surface area (Å²) in [5.41, 5.74) is 0.108. The lowest BCUT2D eigenvalue weighted by Crippen LogP contribution is -2.46. The van der Waals surface area contributed by atoms with Crippen molar-refractivity contribution in [2.75, 3.05) is 17.3 Å². The van der Waals surface area contributed by atoms with E-state index in [1.54, 1.807) is 44.7 Å². The predicted molar refractivity (Wildman–Crippen MR) is 91.2 cm³/mol. The SMILES string of the molecule is CSCC[C@H](NC(=O)OC(C)(C)C)C(=O)Nc1ccccc1. The number of carbonyl (C=O) groups is 2. The standard InChI is InChI=1S/C16H24N2O3S/c1-16(2,3)21-15(20)18-13(10-11-22-4)14(19)17-12-8-6-5-7-9-12/h5-9,13H,10-11H2,1-4H3,(H,17,19)(H,18,20)/t13-/m0/s1. The highest BCUT2D eigenvalue weighted by Gasteiger charge is 2.24. The van der Waals surface area contributed by atoms with E-state index >= 15 is 0 Å². The Balaban J connectivity index is 2.66. The van der Waals surface area contributed by atoms with Gasteiger partial charge in [-0.05, 0) is 51.3 Å². The maximum atomic E-state index is 12.3. The Labute approximate surface area is 136 Å². The monoisotopic (exact) mass is 324 g/mol. The van der Waals surface area contributed by atoms with Crippen LogP contribution < -0.4 is 10.6 Å². The van der Waals surface area contributed by atoms with Crippen LogP contribution in [0.3, 0.4) is 0 Å². The lowest BCUT2D eigenvalue weighted by Gasteiger charge is -2.23. The number of amides is 2. The quantitative estimate of drug-likeness (QED) is 0.843. The van der Waals surface area contributed by atoms with Gasteiger partial charge in [0.1, 0.15) is 11.6 Å². The molecule has 0 saturated carbocycles. The summed E-state index contributed by atoms with van der Waals surface area (Å²) in [4.78, 5) is 24.2. The molecular formula is C16H24N2O3S. The van der Waals surface area contributed by atoms with Crippen LogP contribution >= 0.6 is 11.8 Å². The highest BCUT2D eigenvalue weighted by Crippen LogP contribution is 2.10. The Morgan fingerprint density at radius 3 is 2.41 bits per heavy atom. The van der Waals surface area contributed by atoms with Crippen molar-refractivity contribution in [3.8, 4) is 0 Å². The molecule has 6 heteroatoms. The van der Waals surface area contributed by atoms with Crippen LogP contribution in [0.1, 0.15) is 27.2 Å². The van der Waals surface area contributed by atoms with Crippen molar-refractivity contribution in [1.82, 2.24) is 5.32 Å². The third-order valence-electron chi connectivity index (χ3n) is 2.66. The number of nitrogens with one attached hydrogen (secondary N) is 2. The first kappa shape index (κ1) is 18.4. The van der Waals surface area contributed by atoms with E-state index in [2.05, 4.69) is 10.6 Å². The zero-order valence-electron chi connectivity index (χ0n) is 13.5. The molecule has 0 aliphatic heterocycles. The molecule has 0 fully saturated rings. The van der Waals surface area contributed by atoms with Gasteiger partial charge in [0.25, 0.3) is 0 Å². The van der Waals surface area contributed by atoms with E-state index in [4.69, 9.17) is 4.74 Å². The number of benzene rings is 1. The zero-order chi connectivity index (χ0) is 16.6. The molecule has 0 aromatic heterocycles. The van der Waals surface area contributed by atoms with Gasteiger partial charge < -0.3 is 15.4 Å². The minimum atomic E-state index is -0.623. The number of thioether (sulfide) groups is 1. The fraction of sp³-hybridized carbons (Fsp3) is 0.500. The van der Waals surface area contributed by atoms with Gasteiger partial charge in [0, 0.05) is 5.69 Å². The van der Waals surface area contributed by atoms with E-state index < -0.39 is 17.7 Å². The van der Waals surface area contributed by atoms with Gasteiger partial charge in [-0.2, -0.15) is 11.8 Å². The molecule has 1 atom stereocenters. The highest BCUT2D eigenvalue weighted by atomic mass is 32.2. The molecule has 0 bridgehead atoms. The minimum Gasteiger partial charge on any atom is -0.444 e. The summed E-state index contributed by atoms with van der Waals surface area (Å²) in [5.74, 6) is 0.522. The second kappa shape index (κ2) is 8.68. The molecule has 2 N–H and O–H groups in total. The average Bonchev–Trinajstić information content (AvgIpc) is 2.42. The van der Waals surface area contributed by atoms with Crippen LogP contribution in [0.2, 0.25) is 0 Å². The lowest BCUT2D eigenvalue weighted by molar-refractivity contribution is -0.118. The Morgan fingerprint density at radius 1 is 1.23 bits per heavy atom. The van der Waals surface area contributed by atoms with Crippen LogP contribution in [-0.2, 0) is 9.53 Å². The first-order chi connectivity index (χ1) is 10.3. The maximum absolute atomic E-state index is 12.3. The lowest BCUT2D eigenvalue weighted by atomic mass is 10.2. The van der Waals surface area contributed by atoms with Gasteiger partial charge in [0.15, 0.2) is 0 Å². The summed E-state index contributed by atoms with van der Waals surface area (Å²) in [5, 5.41) is 5.44. The Bertz CT molecular complexity index is 486. The fourth-order valence-electron chi connectivity index (χ4n) is 1.71. The molecule has 0 aliphatic carbocycles. The Morgan fingerprint density at radius 2 is 1.86 bits per heavy atom. The van der Waals surface area contributed by atoms with Crippen molar-refractivity contribution in [1.29, 1.82) is 0 Å². The highest BCUT2D eigenvalue weighted by molar-refractivity contribution is 7.98. The molecular weight excluding hydrogens is 300 g/mol. The van der Waals surface area contributed by atoms with Crippen molar-refractivity contribution in [3.05, 3.63) is 30.3 Å². The molecule has 1 aromatic carbocycles. The van der Waals surface area contributed by atoms with E-state index in [9.17, 15) is 9.59 Å². The molecule has 1 rings (SSSR count). The Kier molecular flexibility index (Phi) is 7.24. The zero-order valence-corrected chi connectivity index (χ0v) is 14.3. The molecule has 0 unspecified atom stereocenters. The van der Waals surface area contributed by atoms with Crippen LogP contribution in [0.25, 0.3) is 0 Å². The van der Waals surface area contributed by atoms with Crippen LogP contribution in [-0.4, -0.2) is 35.7 Å². The molecule has 0 saturated heterocycles. The van der Waals surface area contributed by atoms with Gasteiger partial charge in [0.05, 0.1) is 0 Å². The predicted octanol–water partition coefficient (Wildman–Crippen LogP) is 3.27. The summed E-state index contributed by atoms with van der Waals surface area (Å²) in [6.07, 6.45) is 1.92. The summed E-state index contributed by atoms with van der Waals surface area (Å²) in [6, 6.07) is 8.54. The van der Waals surface area contributed by atoms with Crippen molar-refractivity contribution in [3.63, 3.8) is 0 Å². The van der Waals surface area contributed by atoms with Crippen molar-refractivity contribution < 1.29 is 14.3 Å². The third kappa shape index (κ3) is 7.36. The van der Waals surface area contributed by atoms with Crippen LogP contribution in [0, 0.1) is 0 Å². The summed E-state index contributed by atoms with van der Waals surface area (Å²) < 4.78 is 5.21. The molecule has 5 nitrogen and oxygen atoms in total. The van der Waals surface area contributed by atoms with E-state index in [1.165, 1.54) is 0 Å². The van der Waals surface area contributed by atoms with Gasteiger partial charge in [0.2, 0.25) is 5.91 Å². The molecule has 2 amide bonds. The minimum absolute atomic E-state index is 0.244. The van der Waals surface area contributed by atoms with E-state index in [-0.39, 0.29) is 5.91 Å². The first-order valence-corrected chi connectivity index (χ1v) is 8.55. The smallest absolute Gasteiger partial charge is 0.408 e. The van der Waals surface area contributed by atoms with Gasteiger partial charge in [-0.1, -0.05) is 18.2 Å². The van der Waals surface area contributed by atoms with Crippen LogP contribution in [0.4, 0.5) is 10.5 Å². The average molecular weight is 324 g/mol. The maximum Gasteiger partial charge on any atom is 0.408 e. The summed E-state index contributed by atoms with van der Waals surface area (Å²) >= 11 is 1.62. The first-order valence-electron chi connectivity index (χ1n) is 7.16. The number of alkyl carbamates (subject to hydrolysis) is 1. The summed E-state index contributed by atoms with van der Waals surface area (Å²) in [6.45, 7) is 5.36. The number of carbonyl (C=O) groups excluding carboxylic acids is 2. The van der Waals surface area contributed by atoms with Gasteiger partial charge >= 0.3 is 6.09 Å². The molecule has 0 aliphatic rings. The van der Waals surface area contributed by atoms with Crippen LogP contribution in [0.5, 0.6) is 0 Å². The Hall–Kier alpha value is -1.69. The number of hydrogen-bond donors (Lipinski definition) is 2. The second-order valence-corrected chi connectivity index (χ2v) is 6.82. The van der Waals surface area contributed by atoms with E-state index in [0.717, 1.165) is 5.75 Å². The largest absolute Gasteiger partial charge is 0.444 e. The molecule has 122 valence electrons. The second-order valence-electron chi connectivity index (χ2n) is 5.84. The van der Waals surface area contributed by atoms with Crippen molar-refractivity contribution >= 4 is 29.4 Å². The number of ether oxygens (including phenoxy) is 1. The fourth-order valence-corrected chi connectivity index (χ4v) is 2.18. The topological polar surface area (TPSA) is 67.4 Å². The number of para-hydroxylation sites is 1. The van der Waals surface area contributed by atoms with E-state index in [1.807, 2.05) is 24.5 Å². The van der Waals surface area contributed by atoms with Gasteiger partial charge in [-0.25, -0.2) is 4.79 Å². The normalized spacial score (nSPS) is 12.4. The third-order valence-corrected chi connectivity index (χ3v) is 3.30. The number of hydrogen-bond acceptors (Lipinski definition) is 4. The number of anilines is 1. The molecule has 0 spiro atoms. The van der Waals surface area contributed by atoms with E-state index in [0.29, 0.717) is 12.1 Å². The van der Waals surface area contributed by atoms with Gasteiger partial charge in [-0.15, -0.1) is 0 Å². The molecule has 1 aromatic rings. The van der Waals surface area contributed by atoms with Gasteiger partial charge in [-0.3, -0.25) is 4.79 Å². The van der Waals surface area contributed by atoms with Crippen molar-refractivity contribution in [2.24, 2.45) is 0 Å². The van der Waals surface area contributed by atoms with Crippen molar-refractivity contribution in [2.45, 2.75) is 38.8 Å².